The van der Waals surface area contributed by atoms with Crippen LogP contribution in [-0.4, -0.2) is 30.0 Å². The monoisotopic (exact) mass is 215 g/mol. The molecule has 4 nitrogen and oxygen atoms in total. The molecule has 1 unspecified atom stereocenters. The molecule has 1 aromatic heterocycles. The Bertz CT molecular complexity index is 258. The van der Waals surface area contributed by atoms with Crippen LogP contribution in [0.15, 0.2) is 0 Å². The molecule has 0 aliphatic rings. The molecular weight excluding hydrogens is 198 g/mol. The van der Waals surface area contributed by atoms with Gasteiger partial charge in [0.2, 0.25) is 5.13 Å². The van der Waals surface area contributed by atoms with E-state index in [9.17, 15) is 0 Å². The lowest BCUT2D eigenvalue weighted by molar-refractivity contribution is 0.182. The SMILES string of the molecule is CCCC(COC)Nc1nnc(C)s1. The number of aromatic nitrogens is 2. The number of nitrogens with zero attached hydrogens (tertiary/aromatic N) is 2. The number of aryl methyl sites for hydroxylation is 1. The van der Waals surface area contributed by atoms with Crippen LogP contribution >= 0.6 is 11.3 Å². The fourth-order valence-electron chi connectivity index (χ4n) is 1.28. The molecule has 0 bridgehead atoms. The number of hydrogen-bond acceptors (Lipinski definition) is 5. The Balaban J connectivity index is 2.46. The molecule has 0 amide bonds. The summed E-state index contributed by atoms with van der Waals surface area (Å²) in [5, 5.41) is 13.2. The summed E-state index contributed by atoms with van der Waals surface area (Å²) in [6, 6.07) is 0.345. The average molecular weight is 215 g/mol. The lowest BCUT2D eigenvalue weighted by atomic mass is 10.2. The van der Waals surface area contributed by atoms with Crippen LogP contribution in [0.3, 0.4) is 0 Å². The highest BCUT2D eigenvalue weighted by molar-refractivity contribution is 7.15. The Labute approximate surface area is 88.7 Å². The van der Waals surface area contributed by atoms with Gasteiger partial charge >= 0.3 is 0 Å². The molecule has 0 aliphatic heterocycles. The summed E-state index contributed by atoms with van der Waals surface area (Å²) in [7, 11) is 1.72. The predicted molar refractivity (Wildman–Crippen MR) is 58.8 cm³/mol. The molecule has 0 saturated carbocycles. The summed E-state index contributed by atoms with van der Waals surface area (Å²) in [6.45, 7) is 4.83. The molecule has 1 N–H and O–H groups in total. The van der Waals surface area contributed by atoms with Gasteiger partial charge < -0.3 is 10.1 Å². The van der Waals surface area contributed by atoms with E-state index in [1.54, 1.807) is 18.4 Å². The van der Waals surface area contributed by atoms with Gasteiger partial charge in [0.25, 0.3) is 0 Å². The Morgan fingerprint density at radius 1 is 1.50 bits per heavy atom. The van der Waals surface area contributed by atoms with Crippen molar-refractivity contribution in [2.24, 2.45) is 0 Å². The van der Waals surface area contributed by atoms with Gasteiger partial charge in [-0.25, -0.2) is 0 Å². The molecule has 0 spiro atoms. The van der Waals surface area contributed by atoms with E-state index in [1.165, 1.54) is 0 Å². The zero-order chi connectivity index (χ0) is 10.4. The smallest absolute Gasteiger partial charge is 0.205 e. The van der Waals surface area contributed by atoms with Crippen LogP contribution in [-0.2, 0) is 4.74 Å². The molecule has 1 rings (SSSR count). The van der Waals surface area contributed by atoms with E-state index < -0.39 is 0 Å². The van der Waals surface area contributed by atoms with Gasteiger partial charge in [-0.2, -0.15) is 0 Å². The van der Waals surface area contributed by atoms with Crippen LogP contribution in [0.4, 0.5) is 5.13 Å². The highest BCUT2D eigenvalue weighted by atomic mass is 32.1. The lowest BCUT2D eigenvalue weighted by Crippen LogP contribution is -2.24. The first-order chi connectivity index (χ1) is 6.76. The lowest BCUT2D eigenvalue weighted by Gasteiger charge is -2.15. The zero-order valence-electron chi connectivity index (χ0n) is 8.91. The molecule has 0 saturated heterocycles. The van der Waals surface area contributed by atoms with Crippen LogP contribution in [0, 0.1) is 6.92 Å². The second kappa shape index (κ2) is 5.93. The molecule has 0 aliphatic carbocycles. The summed E-state index contributed by atoms with van der Waals surface area (Å²) in [4.78, 5) is 0. The van der Waals surface area contributed by atoms with Gasteiger partial charge in [-0.1, -0.05) is 24.7 Å². The minimum atomic E-state index is 0.345. The molecule has 14 heavy (non-hydrogen) atoms. The Kier molecular flexibility index (Phi) is 4.82. The van der Waals surface area contributed by atoms with Crippen molar-refractivity contribution < 1.29 is 4.74 Å². The Morgan fingerprint density at radius 3 is 2.79 bits per heavy atom. The molecule has 1 aromatic rings. The van der Waals surface area contributed by atoms with Crippen molar-refractivity contribution in [1.29, 1.82) is 0 Å². The maximum Gasteiger partial charge on any atom is 0.205 e. The summed E-state index contributed by atoms with van der Waals surface area (Å²) < 4.78 is 5.13. The number of nitrogens with one attached hydrogen (secondary N) is 1. The van der Waals surface area contributed by atoms with Crippen molar-refractivity contribution in [2.45, 2.75) is 32.7 Å². The third kappa shape index (κ3) is 3.59. The highest BCUT2D eigenvalue weighted by Gasteiger charge is 2.09. The molecular formula is C9H17N3OS. The molecule has 1 heterocycles. The van der Waals surface area contributed by atoms with Gasteiger partial charge in [0.15, 0.2) is 0 Å². The number of rotatable bonds is 6. The topological polar surface area (TPSA) is 47.0 Å². The minimum Gasteiger partial charge on any atom is -0.383 e. The quantitative estimate of drug-likeness (QED) is 0.789. The van der Waals surface area contributed by atoms with Crippen molar-refractivity contribution in [2.75, 3.05) is 19.0 Å². The van der Waals surface area contributed by atoms with Gasteiger partial charge in [0.1, 0.15) is 5.01 Å². The third-order valence-corrected chi connectivity index (χ3v) is 2.63. The van der Waals surface area contributed by atoms with Crippen LogP contribution in [0.25, 0.3) is 0 Å². The first kappa shape index (κ1) is 11.4. The van der Waals surface area contributed by atoms with Crippen molar-refractivity contribution >= 4 is 16.5 Å². The van der Waals surface area contributed by atoms with E-state index in [1.807, 2.05) is 6.92 Å². The fraction of sp³-hybridized carbons (Fsp3) is 0.778. The molecule has 80 valence electrons. The Hall–Kier alpha value is -0.680. The van der Waals surface area contributed by atoms with Crippen LogP contribution in [0.2, 0.25) is 0 Å². The number of hydrogen-bond donors (Lipinski definition) is 1. The molecule has 5 heteroatoms. The number of ether oxygens (including phenoxy) is 1. The minimum absolute atomic E-state index is 0.345. The molecule has 0 fully saturated rings. The summed E-state index contributed by atoms with van der Waals surface area (Å²) >= 11 is 1.58. The number of methoxy groups -OCH3 is 1. The maximum absolute atomic E-state index is 5.13. The predicted octanol–water partition coefficient (Wildman–Crippen LogP) is 2.07. The first-order valence-electron chi connectivity index (χ1n) is 4.81. The molecule has 1 atom stereocenters. The zero-order valence-corrected chi connectivity index (χ0v) is 9.73. The third-order valence-electron chi connectivity index (χ3n) is 1.86. The standard InChI is InChI=1S/C9H17N3OS/c1-4-5-8(6-13-3)10-9-12-11-7(2)14-9/h8H,4-6H2,1-3H3,(H,10,12). The van der Waals surface area contributed by atoms with Crippen molar-refractivity contribution in [1.82, 2.24) is 10.2 Å². The van der Waals surface area contributed by atoms with Crippen molar-refractivity contribution in [3.8, 4) is 0 Å². The molecule has 0 aromatic carbocycles. The van der Waals surface area contributed by atoms with E-state index >= 15 is 0 Å². The van der Waals surface area contributed by atoms with E-state index in [-0.39, 0.29) is 0 Å². The van der Waals surface area contributed by atoms with Crippen LogP contribution in [0.1, 0.15) is 24.8 Å². The van der Waals surface area contributed by atoms with E-state index in [0.717, 1.165) is 23.0 Å². The van der Waals surface area contributed by atoms with Crippen LogP contribution < -0.4 is 5.32 Å². The average Bonchev–Trinajstić information content (AvgIpc) is 2.52. The van der Waals surface area contributed by atoms with Crippen molar-refractivity contribution in [3.63, 3.8) is 0 Å². The van der Waals surface area contributed by atoms with Gasteiger partial charge in [-0.15, -0.1) is 10.2 Å². The van der Waals surface area contributed by atoms with E-state index in [4.69, 9.17) is 4.74 Å². The van der Waals surface area contributed by atoms with Gasteiger partial charge in [0, 0.05) is 7.11 Å². The van der Waals surface area contributed by atoms with E-state index in [0.29, 0.717) is 12.6 Å². The van der Waals surface area contributed by atoms with Crippen molar-refractivity contribution in [3.05, 3.63) is 5.01 Å². The second-order valence-corrected chi connectivity index (χ2v) is 4.39. The summed E-state index contributed by atoms with van der Waals surface area (Å²) in [5.74, 6) is 0. The van der Waals surface area contributed by atoms with E-state index in [2.05, 4.69) is 22.4 Å². The number of anilines is 1. The van der Waals surface area contributed by atoms with Crippen LogP contribution in [0.5, 0.6) is 0 Å². The fourth-order valence-corrected chi connectivity index (χ4v) is 1.95. The maximum atomic E-state index is 5.13. The molecule has 0 radical (unpaired) electrons. The Morgan fingerprint density at radius 2 is 2.29 bits per heavy atom. The van der Waals surface area contributed by atoms with Gasteiger partial charge in [-0.3, -0.25) is 0 Å². The van der Waals surface area contributed by atoms with Gasteiger partial charge in [0.05, 0.1) is 12.6 Å². The summed E-state index contributed by atoms with van der Waals surface area (Å²) in [6.07, 6.45) is 2.23. The van der Waals surface area contributed by atoms with Gasteiger partial charge in [-0.05, 0) is 13.3 Å². The normalized spacial score (nSPS) is 12.8. The largest absolute Gasteiger partial charge is 0.383 e. The second-order valence-electron chi connectivity index (χ2n) is 3.21. The highest BCUT2D eigenvalue weighted by Crippen LogP contribution is 2.16. The first-order valence-corrected chi connectivity index (χ1v) is 5.63. The summed E-state index contributed by atoms with van der Waals surface area (Å²) in [5.41, 5.74) is 0.